The molecule has 0 bridgehead atoms. The van der Waals surface area contributed by atoms with Crippen LogP contribution in [0.1, 0.15) is 12.8 Å². The quantitative estimate of drug-likeness (QED) is 0.702. The van der Waals surface area contributed by atoms with Crippen LogP contribution >= 0.6 is 0 Å². The van der Waals surface area contributed by atoms with Crippen molar-refractivity contribution in [1.29, 1.82) is 0 Å². The Bertz CT molecular complexity index is 317. The van der Waals surface area contributed by atoms with Gasteiger partial charge in [-0.25, -0.2) is 8.42 Å². The van der Waals surface area contributed by atoms with Crippen LogP contribution in [0.4, 0.5) is 0 Å². The second-order valence-corrected chi connectivity index (χ2v) is 6.91. The molecule has 2 saturated heterocycles. The van der Waals surface area contributed by atoms with Crippen LogP contribution in [0.5, 0.6) is 0 Å². The molecule has 2 aliphatic rings. The van der Waals surface area contributed by atoms with Crippen LogP contribution in [0.25, 0.3) is 0 Å². The van der Waals surface area contributed by atoms with E-state index >= 15 is 0 Å². The van der Waals surface area contributed by atoms with Crippen molar-refractivity contribution < 1.29 is 8.42 Å². The highest BCUT2D eigenvalue weighted by molar-refractivity contribution is 7.89. The summed E-state index contributed by atoms with van der Waals surface area (Å²) in [6, 6.07) is 0. The summed E-state index contributed by atoms with van der Waals surface area (Å²) < 4.78 is 26.3. The van der Waals surface area contributed by atoms with Crippen LogP contribution < -0.4 is 5.32 Å². The van der Waals surface area contributed by atoms with Gasteiger partial charge in [0, 0.05) is 26.2 Å². The lowest BCUT2D eigenvalue weighted by atomic mass is 10.2. The number of sulfonamides is 1. The molecule has 0 spiro atoms. The molecule has 0 atom stereocenters. The Morgan fingerprint density at radius 3 is 2.19 bits per heavy atom. The van der Waals surface area contributed by atoms with E-state index in [2.05, 4.69) is 10.2 Å². The number of hydrogen-bond acceptors (Lipinski definition) is 4. The number of rotatable bonds is 2. The number of piperazine rings is 1. The Kier molecular flexibility index (Phi) is 3.84. The molecule has 16 heavy (non-hydrogen) atoms. The minimum Gasteiger partial charge on any atom is -0.317 e. The van der Waals surface area contributed by atoms with Gasteiger partial charge in [0.05, 0.1) is 5.25 Å². The molecule has 2 rings (SSSR count). The normalized spacial score (nSPS) is 27.1. The van der Waals surface area contributed by atoms with Gasteiger partial charge < -0.3 is 10.2 Å². The Morgan fingerprint density at radius 1 is 1.06 bits per heavy atom. The lowest BCUT2D eigenvalue weighted by Crippen LogP contribution is -2.51. The van der Waals surface area contributed by atoms with Crippen molar-refractivity contribution in [3.05, 3.63) is 0 Å². The van der Waals surface area contributed by atoms with E-state index in [1.54, 1.807) is 4.31 Å². The summed E-state index contributed by atoms with van der Waals surface area (Å²) in [5, 5.41) is 3.05. The van der Waals surface area contributed by atoms with Crippen molar-refractivity contribution in [2.24, 2.45) is 0 Å². The van der Waals surface area contributed by atoms with E-state index < -0.39 is 10.0 Å². The average molecular weight is 247 g/mol. The van der Waals surface area contributed by atoms with E-state index in [1.807, 2.05) is 7.05 Å². The molecule has 0 aromatic rings. The van der Waals surface area contributed by atoms with Gasteiger partial charge in [0.25, 0.3) is 0 Å². The molecule has 0 aromatic heterocycles. The highest BCUT2D eigenvalue weighted by Crippen LogP contribution is 2.18. The Labute approximate surface area is 97.8 Å². The second-order valence-electron chi connectivity index (χ2n) is 4.70. The van der Waals surface area contributed by atoms with E-state index in [9.17, 15) is 8.42 Å². The van der Waals surface area contributed by atoms with Crippen molar-refractivity contribution in [2.75, 3.05) is 46.3 Å². The van der Waals surface area contributed by atoms with Gasteiger partial charge in [0.1, 0.15) is 0 Å². The van der Waals surface area contributed by atoms with Crippen LogP contribution in [0, 0.1) is 0 Å². The fraction of sp³-hybridized carbons (Fsp3) is 1.00. The molecule has 2 heterocycles. The number of nitrogens with one attached hydrogen (secondary N) is 1. The van der Waals surface area contributed by atoms with Crippen LogP contribution in [0.3, 0.4) is 0 Å². The minimum absolute atomic E-state index is 0.155. The Morgan fingerprint density at radius 2 is 1.62 bits per heavy atom. The summed E-state index contributed by atoms with van der Waals surface area (Å²) in [6.45, 7) is 4.68. The molecule has 6 heteroatoms. The fourth-order valence-corrected chi connectivity index (χ4v) is 4.27. The van der Waals surface area contributed by atoms with Gasteiger partial charge in [-0.2, -0.15) is 4.31 Å². The SMILES string of the molecule is CN1CCN(S(=O)(=O)C2CCNCC2)CC1. The van der Waals surface area contributed by atoms with Crippen molar-refractivity contribution in [3.8, 4) is 0 Å². The molecule has 0 aliphatic carbocycles. The summed E-state index contributed by atoms with van der Waals surface area (Å²) >= 11 is 0. The molecular weight excluding hydrogens is 226 g/mol. The molecule has 2 aliphatic heterocycles. The summed E-state index contributed by atoms with van der Waals surface area (Å²) in [4.78, 5) is 2.18. The molecule has 0 unspecified atom stereocenters. The molecule has 0 radical (unpaired) electrons. The van der Waals surface area contributed by atoms with Gasteiger partial charge in [-0.05, 0) is 33.0 Å². The smallest absolute Gasteiger partial charge is 0.217 e. The molecule has 0 aromatic carbocycles. The Balaban J connectivity index is 2.00. The van der Waals surface area contributed by atoms with Crippen molar-refractivity contribution >= 4 is 10.0 Å². The lowest BCUT2D eigenvalue weighted by Gasteiger charge is -2.35. The third kappa shape index (κ3) is 2.56. The summed E-state index contributed by atoms with van der Waals surface area (Å²) in [6.07, 6.45) is 1.52. The maximum atomic E-state index is 12.3. The van der Waals surface area contributed by atoms with Crippen molar-refractivity contribution in [1.82, 2.24) is 14.5 Å². The predicted octanol–water partition coefficient (Wildman–Crippen LogP) is -0.684. The maximum absolute atomic E-state index is 12.3. The molecule has 0 amide bonds. The molecule has 5 nitrogen and oxygen atoms in total. The minimum atomic E-state index is -3.04. The van der Waals surface area contributed by atoms with E-state index in [-0.39, 0.29) is 5.25 Å². The molecule has 1 N–H and O–H groups in total. The third-order valence-corrected chi connectivity index (χ3v) is 5.93. The highest BCUT2D eigenvalue weighted by Gasteiger charge is 2.34. The maximum Gasteiger partial charge on any atom is 0.217 e. The zero-order chi connectivity index (χ0) is 11.6. The summed E-state index contributed by atoms with van der Waals surface area (Å²) in [5.41, 5.74) is 0. The first-order valence-electron chi connectivity index (χ1n) is 5.99. The summed E-state index contributed by atoms with van der Waals surface area (Å²) in [7, 11) is -1.01. The van der Waals surface area contributed by atoms with Gasteiger partial charge in [-0.15, -0.1) is 0 Å². The number of hydrogen-bond donors (Lipinski definition) is 1. The first-order valence-corrected chi connectivity index (χ1v) is 7.49. The number of nitrogens with zero attached hydrogens (tertiary/aromatic N) is 2. The van der Waals surface area contributed by atoms with Gasteiger partial charge in [0.2, 0.25) is 10.0 Å². The topological polar surface area (TPSA) is 52.7 Å². The van der Waals surface area contributed by atoms with E-state index in [4.69, 9.17) is 0 Å². The predicted molar refractivity (Wildman–Crippen MR) is 63.9 cm³/mol. The van der Waals surface area contributed by atoms with Crippen LogP contribution in [0.2, 0.25) is 0 Å². The zero-order valence-corrected chi connectivity index (χ0v) is 10.7. The van der Waals surface area contributed by atoms with Crippen molar-refractivity contribution in [3.63, 3.8) is 0 Å². The standard InChI is InChI=1S/C10H21N3O2S/c1-12-6-8-13(9-7-12)16(14,15)10-2-4-11-5-3-10/h10-11H,2-9H2,1H3. The average Bonchev–Trinajstić information content (AvgIpc) is 2.31. The number of likely N-dealkylation sites (N-methyl/N-ethyl adjacent to an activating group) is 1. The number of piperidine rings is 1. The monoisotopic (exact) mass is 247 g/mol. The van der Waals surface area contributed by atoms with E-state index in [0.29, 0.717) is 13.1 Å². The summed E-state index contributed by atoms with van der Waals surface area (Å²) in [5.74, 6) is 0. The fourth-order valence-electron chi connectivity index (χ4n) is 2.35. The first-order chi connectivity index (χ1) is 7.60. The van der Waals surface area contributed by atoms with Gasteiger partial charge in [0.15, 0.2) is 0 Å². The van der Waals surface area contributed by atoms with Gasteiger partial charge >= 0.3 is 0 Å². The van der Waals surface area contributed by atoms with Crippen molar-refractivity contribution in [2.45, 2.75) is 18.1 Å². The van der Waals surface area contributed by atoms with Crippen LogP contribution in [0.15, 0.2) is 0 Å². The molecule has 0 saturated carbocycles. The van der Waals surface area contributed by atoms with Crippen LogP contribution in [-0.4, -0.2) is 69.2 Å². The molecular formula is C10H21N3O2S. The van der Waals surface area contributed by atoms with E-state index in [1.165, 1.54) is 0 Å². The van der Waals surface area contributed by atoms with Gasteiger partial charge in [-0.3, -0.25) is 0 Å². The highest BCUT2D eigenvalue weighted by atomic mass is 32.2. The second kappa shape index (κ2) is 5.00. The van der Waals surface area contributed by atoms with Gasteiger partial charge in [-0.1, -0.05) is 0 Å². The third-order valence-electron chi connectivity index (χ3n) is 3.53. The lowest BCUT2D eigenvalue weighted by molar-refractivity contribution is 0.220. The molecule has 94 valence electrons. The zero-order valence-electron chi connectivity index (χ0n) is 9.85. The van der Waals surface area contributed by atoms with Crippen LogP contribution in [-0.2, 0) is 10.0 Å². The largest absolute Gasteiger partial charge is 0.317 e. The molecule has 2 fully saturated rings. The van der Waals surface area contributed by atoms with E-state index in [0.717, 1.165) is 39.0 Å². The Hall–Kier alpha value is -0.170. The first kappa shape index (κ1) is 12.3.